The van der Waals surface area contributed by atoms with Crippen molar-refractivity contribution in [1.82, 2.24) is 0 Å². The Kier molecular flexibility index (Phi) is 27.1. The number of rotatable bonds is 13. The molecule has 0 aliphatic carbocycles. The van der Waals surface area contributed by atoms with Gasteiger partial charge in [-0.05, 0) is 56.0 Å². The van der Waals surface area contributed by atoms with E-state index >= 15 is 0 Å². The molecule has 0 fully saturated rings. The molecule has 17 nitrogen and oxygen atoms in total. The van der Waals surface area contributed by atoms with Crippen molar-refractivity contribution in [2.24, 2.45) is 43.3 Å². The highest BCUT2D eigenvalue weighted by atomic mass is 16.7. The largest absolute Gasteiger partial charge is 0.479 e. The summed E-state index contributed by atoms with van der Waals surface area (Å²) in [4.78, 5) is 59.7. The number of hydrogen-bond acceptors (Lipinski definition) is 13. The van der Waals surface area contributed by atoms with E-state index in [1.165, 1.54) is 24.3 Å². The number of carboxylic acid groups (broad SMARTS) is 4. The Bertz CT molecular complexity index is 3280. The van der Waals surface area contributed by atoms with Crippen molar-refractivity contribution in [2.75, 3.05) is 0 Å². The van der Waals surface area contributed by atoms with Crippen molar-refractivity contribution in [3.8, 4) is 5.75 Å². The highest BCUT2D eigenvalue weighted by molar-refractivity contribution is 6.05. The third-order valence-corrected chi connectivity index (χ3v) is 18.9. The van der Waals surface area contributed by atoms with E-state index in [1.807, 2.05) is 204 Å². The van der Waals surface area contributed by atoms with Gasteiger partial charge in [-0.3, -0.25) is 4.79 Å². The zero-order valence-electron chi connectivity index (χ0n) is 63.4. The number of hydrogen-bond donors (Lipinski definition) is 11. The highest BCUT2D eigenvalue weighted by Gasteiger charge is 2.63. The maximum absolute atomic E-state index is 12.2. The summed E-state index contributed by atoms with van der Waals surface area (Å²) < 4.78 is 5.33. The molecule has 17 heteroatoms. The molecule has 11 N–H and O–H groups in total. The fourth-order valence-corrected chi connectivity index (χ4v) is 13.8. The van der Waals surface area contributed by atoms with Gasteiger partial charge < -0.3 is 60.9 Å². The second-order valence-electron chi connectivity index (χ2n) is 34.7. The van der Waals surface area contributed by atoms with Gasteiger partial charge in [0, 0.05) is 50.9 Å². The SMILES string of the molecule is CC(C)(C)C(c1ccccc1)C(O)(C(=O)O)C(C)(C)C.CC(C)(C)C(c1ccccc1)C(O)(C(=O)O)C(C)(C)C.CC(C)(C)C(c1ccccc1)C(O)(C(=O)O)C(C)(C)C.CC(C)(C)C(c1ccccc1)C(O)(C(=O)O)C(C)(C)C.O=C1c2ccccc2OC(O)(c2ccccc2)C1(O)O. The number of ether oxygens (including phenoxy) is 1. The van der Waals surface area contributed by atoms with Crippen LogP contribution in [-0.2, 0) is 25.0 Å². The number of carbonyl (C=O) groups excluding carboxylic acids is 1. The third kappa shape index (κ3) is 18.5. The van der Waals surface area contributed by atoms with E-state index in [1.54, 1.807) is 113 Å². The molecule has 1 aliphatic heterocycles. The molecule has 6 aromatic carbocycles. The summed E-state index contributed by atoms with van der Waals surface area (Å²) >= 11 is 0. The van der Waals surface area contributed by atoms with Gasteiger partial charge in [0.05, 0.1) is 5.56 Å². The minimum absolute atomic E-state index is 0.0121. The average molecular weight is 1390 g/mol. The summed E-state index contributed by atoms with van der Waals surface area (Å²) in [6.07, 6.45) is 0. The van der Waals surface area contributed by atoms with Gasteiger partial charge in [-0.15, -0.1) is 0 Å². The van der Waals surface area contributed by atoms with Crippen LogP contribution < -0.4 is 4.74 Å². The number of fused-ring (bicyclic) bond motifs is 1. The van der Waals surface area contributed by atoms with Crippen LogP contribution in [0, 0.1) is 43.3 Å². The normalized spacial score (nSPS) is 18.6. The van der Waals surface area contributed by atoms with Crippen LogP contribution in [0.1, 0.15) is 228 Å². The molecule has 0 radical (unpaired) electrons. The Morgan fingerprint density at radius 2 is 0.500 bits per heavy atom. The summed E-state index contributed by atoms with van der Waals surface area (Å²) in [5.74, 6) is -13.2. The number of aliphatic carboxylic acids is 4. The Morgan fingerprint density at radius 3 is 0.690 bits per heavy atom. The van der Waals surface area contributed by atoms with Crippen molar-refractivity contribution < 1.29 is 84.9 Å². The maximum atomic E-state index is 12.2. The number of para-hydroxylation sites is 1. The van der Waals surface area contributed by atoms with Crippen molar-refractivity contribution in [3.05, 3.63) is 209 Å². The second kappa shape index (κ2) is 31.3. The van der Waals surface area contributed by atoms with E-state index in [0.717, 1.165) is 22.3 Å². The van der Waals surface area contributed by atoms with Crippen molar-refractivity contribution in [1.29, 1.82) is 0 Å². The van der Waals surface area contributed by atoms with E-state index in [0.29, 0.717) is 0 Å². The molecule has 0 saturated heterocycles. The number of aliphatic hydroxyl groups is 7. The Balaban J connectivity index is 0.000000325. The van der Waals surface area contributed by atoms with Crippen LogP contribution in [0.3, 0.4) is 0 Å². The Morgan fingerprint density at radius 1 is 0.310 bits per heavy atom. The van der Waals surface area contributed by atoms with Gasteiger partial charge in [-0.1, -0.05) is 330 Å². The van der Waals surface area contributed by atoms with Gasteiger partial charge in [0.1, 0.15) is 5.75 Å². The quantitative estimate of drug-likeness (QED) is 0.0479. The molecule has 1 heterocycles. The standard InChI is InChI=1S/4C17H26O3.C15H12O5/c4*1-15(2,3)13(12-10-8-7-9-11-12)17(20,14(18)19)16(4,5)6;16-13-11-8-4-5-9-12(11)20-15(19,14(13,17)18)10-6-2-1-3-7-10/h4*7-11,13,20H,1-6H3,(H,18,19);1-9,17-19H. The van der Waals surface area contributed by atoms with E-state index < -0.39 is 109 Å². The first-order chi connectivity index (χ1) is 45.1. The fraction of sp³-hybridized carbons (Fsp3) is 0.506. The van der Waals surface area contributed by atoms with Gasteiger partial charge in [0.2, 0.25) is 5.78 Å². The lowest BCUT2D eigenvalue weighted by molar-refractivity contribution is -0.327. The molecule has 0 amide bonds. The van der Waals surface area contributed by atoms with E-state index in [2.05, 4.69) is 0 Å². The first-order valence-corrected chi connectivity index (χ1v) is 33.7. The Hall–Kier alpha value is -7.61. The molecule has 1 aliphatic rings. The van der Waals surface area contributed by atoms with Crippen LogP contribution in [0.4, 0.5) is 0 Å². The first-order valence-electron chi connectivity index (χ1n) is 33.7. The monoisotopic (exact) mass is 1380 g/mol. The van der Waals surface area contributed by atoms with Crippen LogP contribution >= 0.6 is 0 Å². The smallest absolute Gasteiger partial charge is 0.336 e. The van der Waals surface area contributed by atoms with Crippen LogP contribution in [0.2, 0.25) is 0 Å². The van der Waals surface area contributed by atoms with Gasteiger partial charge >= 0.3 is 29.7 Å². The van der Waals surface area contributed by atoms with Crippen LogP contribution in [0.5, 0.6) is 5.75 Å². The summed E-state index contributed by atoms with van der Waals surface area (Å²) in [7, 11) is 0. The number of ketones is 1. The number of carbonyl (C=O) groups is 5. The molecule has 100 heavy (non-hydrogen) atoms. The molecule has 9 atom stereocenters. The molecule has 0 aromatic heterocycles. The predicted molar refractivity (Wildman–Crippen MR) is 392 cm³/mol. The van der Waals surface area contributed by atoms with E-state index in [4.69, 9.17) is 4.74 Å². The lowest BCUT2D eigenvalue weighted by Crippen LogP contribution is -2.62. The van der Waals surface area contributed by atoms with Gasteiger partial charge in [0.15, 0.2) is 22.4 Å². The van der Waals surface area contributed by atoms with Crippen LogP contribution in [0.25, 0.3) is 0 Å². The summed E-state index contributed by atoms with van der Waals surface area (Å²) in [6.45, 7) is 44.8. The minimum atomic E-state index is -3.07. The second-order valence-corrected chi connectivity index (χ2v) is 34.7. The van der Waals surface area contributed by atoms with Crippen molar-refractivity contribution >= 4 is 29.7 Å². The summed E-state index contributed by atoms with van der Waals surface area (Å²) in [6, 6.07) is 51.5. The molecule has 0 bridgehead atoms. The lowest BCUT2D eigenvalue weighted by atomic mass is 9.59. The zero-order chi connectivity index (χ0) is 77.5. The molecular formula is C83H116O17. The number of carboxylic acids is 4. The van der Waals surface area contributed by atoms with Crippen molar-refractivity contribution in [3.63, 3.8) is 0 Å². The van der Waals surface area contributed by atoms with E-state index in [-0.39, 0.29) is 38.5 Å². The minimum Gasteiger partial charge on any atom is -0.479 e. The Labute approximate surface area is 594 Å². The topological polar surface area (TPSA) is 317 Å². The van der Waals surface area contributed by atoms with Gasteiger partial charge in [-0.25, -0.2) is 19.2 Å². The molecule has 0 saturated carbocycles. The third-order valence-electron chi connectivity index (χ3n) is 18.9. The average Bonchev–Trinajstić information content (AvgIpc) is 0.749. The first kappa shape index (κ1) is 86.6. The molecule has 550 valence electrons. The number of Topliss-reactive ketones (excluding diaryl/α,β-unsaturated/α-hetero) is 1. The fourth-order valence-electron chi connectivity index (χ4n) is 13.8. The molecular weight excluding hydrogens is 1270 g/mol. The lowest BCUT2D eigenvalue weighted by Gasteiger charge is -2.48. The number of benzene rings is 6. The maximum Gasteiger partial charge on any atom is 0.336 e. The summed E-state index contributed by atoms with van der Waals surface area (Å²) in [5, 5.41) is 114. The molecule has 6 aromatic rings. The predicted octanol–water partition coefficient (Wildman–Crippen LogP) is 15.5. The molecule has 0 spiro atoms. The van der Waals surface area contributed by atoms with Gasteiger partial charge in [0.25, 0.3) is 5.79 Å². The van der Waals surface area contributed by atoms with Crippen LogP contribution in [0.15, 0.2) is 176 Å². The van der Waals surface area contributed by atoms with E-state index in [9.17, 15) is 80.1 Å². The molecule has 7 rings (SSSR count). The van der Waals surface area contributed by atoms with Gasteiger partial charge in [-0.2, -0.15) is 0 Å². The summed E-state index contributed by atoms with van der Waals surface area (Å²) in [5.41, 5.74) is -8.57. The van der Waals surface area contributed by atoms with Crippen molar-refractivity contribution in [2.45, 2.75) is 224 Å². The highest BCUT2D eigenvalue weighted by Crippen LogP contribution is 2.55. The molecule has 9 unspecified atom stereocenters. The van der Waals surface area contributed by atoms with Crippen LogP contribution in [-0.4, -0.2) is 114 Å². The zero-order valence-corrected chi connectivity index (χ0v) is 63.4.